The van der Waals surface area contributed by atoms with E-state index in [1.54, 1.807) is 48.2 Å². The number of nitrogens with one attached hydrogen (secondary N) is 1. The monoisotopic (exact) mass is 360 g/mol. The van der Waals surface area contributed by atoms with E-state index in [4.69, 9.17) is 0 Å². The van der Waals surface area contributed by atoms with Crippen LogP contribution in [0.2, 0.25) is 0 Å². The molecule has 0 radical (unpaired) electrons. The number of benzene rings is 2. The van der Waals surface area contributed by atoms with Gasteiger partial charge in [0.15, 0.2) is 0 Å². The summed E-state index contributed by atoms with van der Waals surface area (Å²) in [4.78, 5) is 14.5. The summed E-state index contributed by atoms with van der Waals surface area (Å²) in [6.07, 6.45) is 0. The van der Waals surface area contributed by atoms with E-state index in [1.165, 1.54) is 0 Å². The van der Waals surface area contributed by atoms with Gasteiger partial charge in [0, 0.05) is 13.1 Å². The SMILES string of the molecule is CCN(CC)C(=O)c1ccccc1NS(=O)(=O)c1cc(C)ccc1C. The number of aryl methyl sites for hydroxylation is 2. The molecule has 2 aromatic carbocycles. The fourth-order valence-corrected chi connectivity index (χ4v) is 4.05. The summed E-state index contributed by atoms with van der Waals surface area (Å²) in [6.45, 7) is 8.51. The molecule has 0 heterocycles. The number of hydrogen-bond acceptors (Lipinski definition) is 3. The maximum atomic E-state index is 12.8. The second-order valence-electron chi connectivity index (χ2n) is 5.90. The Hall–Kier alpha value is -2.34. The van der Waals surface area contributed by atoms with Gasteiger partial charge in [-0.1, -0.05) is 24.3 Å². The van der Waals surface area contributed by atoms with Crippen LogP contribution in [0.1, 0.15) is 35.3 Å². The molecule has 0 saturated carbocycles. The van der Waals surface area contributed by atoms with Gasteiger partial charge in [0.1, 0.15) is 0 Å². The summed E-state index contributed by atoms with van der Waals surface area (Å²) in [5.74, 6) is -0.190. The third-order valence-electron chi connectivity index (χ3n) is 4.09. The van der Waals surface area contributed by atoms with Crippen LogP contribution in [0.5, 0.6) is 0 Å². The van der Waals surface area contributed by atoms with Crippen molar-refractivity contribution in [1.82, 2.24) is 4.90 Å². The van der Waals surface area contributed by atoms with Crippen molar-refractivity contribution in [2.45, 2.75) is 32.6 Å². The van der Waals surface area contributed by atoms with Crippen LogP contribution in [0, 0.1) is 13.8 Å². The highest BCUT2D eigenvalue weighted by Gasteiger charge is 2.22. The van der Waals surface area contributed by atoms with E-state index in [9.17, 15) is 13.2 Å². The molecule has 0 aliphatic rings. The van der Waals surface area contributed by atoms with E-state index in [0.29, 0.717) is 29.9 Å². The quantitative estimate of drug-likeness (QED) is 0.856. The molecule has 0 atom stereocenters. The van der Waals surface area contributed by atoms with E-state index in [0.717, 1.165) is 5.56 Å². The smallest absolute Gasteiger partial charge is 0.262 e. The number of carbonyl (C=O) groups is 1. The number of carbonyl (C=O) groups excluding carboxylic acids is 1. The van der Waals surface area contributed by atoms with Crippen LogP contribution < -0.4 is 4.72 Å². The largest absolute Gasteiger partial charge is 0.339 e. The molecule has 1 amide bonds. The van der Waals surface area contributed by atoms with Crippen molar-refractivity contribution in [3.63, 3.8) is 0 Å². The van der Waals surface area contributed by atoms with Gasteiger partial charge < -0.3 is 4.90 Å². The molecule has 2 aromatic rings. The molecule has 0 saturated heterocycles. The van der Waals surface area contributed by atoms with Crippen molar-refractivity contribution < 1.29 is 13.2 Å². The molecule has 25 heavy (non-hydrogen) atoms. The van der Waals surface area contributed by atoms with Gasteiger partial charge in [-0.2, -0.15) is 0 Å². The molecule has 1 N–H and O–H groups in total. The first-order valence-corrected chi connectivity index (χ1v) is 9.76. The summed E-state index contributed by atoms with van der Waals surface area (Å²) >= 11 is 0. The lowest BCUT2D eigenvalue weighted by atomic mass is 10.1. The summed E-state index contributed by atoms with van der Waals surface area (Å²) in [5, 5.41) is 0. The van der Waals surface area contributed by atoms with E-state index in [2.05, 4.69) is 4.72 Å². The Kier molecular flexibility index (Phi) is 5.85. The Morgan fingerprint density at radius 2 is 1.68 bits per heavy atom. The number of rotatable bonds is 6. The van der Waals surface area contributed by atoms with Gasteiger partial charge in [-0.15, -0.1) is 0 Å². The first-order chi connectivity index (χ1) is 11.8. The Labute approximate surface area is 149 Å². The van der Waals surface area contributed by atoms with Crippen LogP contribution in [0.25, 0.3) is 0 Å². The second-order valence-corrected chi connectivity index (χ2v) is 7.55. The normalized spacial score (nSPS) is 11.2. The molecule has 6 heteroatoms. The van der Waals surface area contributed by atoms with Gasteiger partial charge in [0.2, 0.25) is 0 Å². The van der Waals surface area contributed by atoms with Gasteiger partial charge in [-0.05, 0) is 57.0 Å². The van der Waals surface area contributed by atoms with Crippen LogP contribution in [0.3, 0.4) is 0 Å². The van der Waals surface area contributed by atoms with E-state index in [-0.39, 0.29) is 10.8 Å². The standard InChI is InChI=1S/C19H24N2O3S/c1-5-21(6-2)19(22)16-9-7-8-10-17(16)20-25(23,24)18-13-14(3)11-12-15(18)4/h7-13,20H,5-6H2,1-4H3. The lowest BCUT2D eigenvalue weighted by molar-refractivity contribution is 0.0774. The highest BCUT2D eigenvalue weighted by Crippen LogP contribution is 2.24. The van der Waals surface area contributed by atoms with Crippen molar-refractivity contribution >= 4 is 21.6 Å². The lowest BCUT2D eigenvalue weighted by Gasteiger charge is -2.21. The summed E-state index contributed by atoms with van der Waals surface area (Å²) in [6, 6.07) is 12.0. The summed E-state index contributed by atoms with van der Waals surface area (Å²) in [5.41, 5.74) is 2.16. The van der Waals surface area contributed by atoms with Crippen LogP contribution in [-0.4, -0.2) is 32.3 Å². The van der Waals surface area contributed by atoms with Crippen LogP contribution >= 0.6 is 0 Å². The molecule has 5 nitrogen and oxygen atoms in total. The van der Waals surface area contributed by atoms with E-state index >= 15 is 0 Å². The van der Waals surface area contributed by atoms with Crippen molar-refractivity contribution in [2.24, 2.45) is 0 Å². The molecule has 0 fully saturated rings. The van der Waals surface area contributed by atoms with Crippen molar-refractivity contribution in [3.05, 3.63) is 59.2 Å². The van der Waals surface area contributed by atoms with Gasteiger partial charge in [-0.25, -0.2) is 8.42 Å². The van der Waals surface area contributed by atoms with Gasteiger partial charge in [-0.3, -0.25) is 9.52 Å². The minimum atomic E-state index is -3.78. The number of nitrogens with zero attached hydrogens (tertiary/aromatic N) is 1. The number of anilines is 1. The highest BCUT2D eigenvalue weighted by molar-refractivity contribution is 7.92. The summed E-state index contributed by atoms with van der Waals surface area (Å²) in [7, 11) is -3.78. The highest BCUT2D eigenvalue weighted by atomic mass is 32.2. The van der Waals surface area contributed by atoms with E-state index < -0.39 is 10.0 Å². The zero-order chi connectivity index (χ0) is 18.6. The maximum Gasteiger partial charge on any atom is 0.262 e. The third-order valence-corrected chi connectivity index (χ3v) is 5.59. The Bertz CT molecular complexity index is 872. The molecule has 0 aliphatic carbocycles. The lowest BCUT2D eigenvalue weighted by Crippen LogP contribution is -2.31. The molecular formula is C19H24N2O3S. The average molecular weight is 360 g/mol. The molecule has 134 valence electrons. The zero-order valence-corrected chi connectivity index (χ0v) is 15.9. The molecule has 0 spiro atoms. The third kappa shape index (κ3) is 4.20. The molecule has 0 aliphatic heterocycles. The van der Waals surface area contributed by atoms with E-state index in [1.807, 2.05) is 26.8 Å². The number of amides is 1. The van der Waals surface area contributed by atoms with Crippen molar-refractivity contribution in [1.29, 1.82) is 0 Å². The molecular weight excluding hydrogens is 336 g/mol. The van der Waals surface area contributed by atoms with Gasteiger partial charge >= 0.3 is 0 Å². The van der Waals surface area contributed by atoms with Gasteiger partial charge in [0.05, 0.1) is 16.1 Å². The van der Waals surface area contributed by atoms with Crippen LogP contribution in [0.15, 0.2) is 47.4 Å². The summed E-state index contributed by atoms with van der Waals surface area (Å²) < 4.78 is 28.2. The van der Waals surface area contributed by atoms with Crippen LogP contribution in [-0.2, 0) is 10.0 Å². The number of sulfonamides is 1. The van der Waals surface area contributed by atoms with Crippen molar-refractivity contribution in [2.75, 3.05) is 17.8 Å². The Balaban J connectivity index is 2.44. The predicted molar refractivity (Wildman–Crippen MR) is 100 cm³/mol. The molecule has 2 rings (SSSR count). The topological polar surface area (TPSA) is 66.5 Å². The van der Waals surface area contributed by atoms with Crippen molar-refractivity contribution in [3.8, 4) is 0 Å². The van der Waals surface area contributed by atoms with Gasteiger partial charge in [0.25, 0.3) is 15.9 Å². The minimum Gasteiger partial charge on any atom is -0.339 e. The molecule has 0 bridgehead atoms. The Morgan fingerprint density at radius 3 is 2.32 bits per heavy atom. The Morgan fingerprint density at radius 1 is 1.04 bits per heavy atom. The predicted octanol–water partition coefficient (Wildman–Crippen LogP) is 3.59. The minimum absolute atomic E-state index is 0.190. The zero-order valence-electron chi connectivity index (χ0n) is 15.0. The average Bonchev–Trinajstić information content (AvgIpc) is 2.58. The molecule has 0 aromatic heterocycles. The number of para-hydroxylation sites is 1. The first kappa shape index (κ1) is 19.0. The fraction of sp³-hybridized carbons (Fsp3) is 0.316. The molecule has 0 unspecified atom stereocenters. The second kappa shape index (κ2) is 7.70. The van der Waals surface area contributed by atoms with Crippen LogP contribution in [0.4, 0.5) is 5.69 Å². The first-order valence-electron chi connectivity index (χ1n) is 8.28. The number of hydrogen-bond donors (Lipinski definition) is 1. The maximum absolute atomic E-state index is 12.8. The fourth-order valence-electron chi connectivity index (χ4n) is 2.64.